The van der Waals surface area contributed by atoms with Gasteiger partial charge in [-0.2, -0.15) is 0 Å². The third kappa shape index (κ3) is 3.87. The summed E-state index contributed by atoms with van der Waals surface area (Å²) in [6.45, 7) is 4.51. The molecular weight excluding hydrogens is 719 g/mol. The van der Waals surface area contributed by atoms with Crippen LogP contribution in [0.5, 0.6) is 11.5 Å². The highest BCUT2D eigenvalue weighted by Gasteiger charge is 2.55. The highest BCUT2D eigenvalue weighted by molar-refractivity contribution is 7.24. The van der Waals surface area contributed by atoms with Crippen LogP contribution in [0.1, 0.15) is 33.4 Å². The van der Waals surface area contributed by atoms with Gasteiger partial charge in [0, 0.05) is 16.8 Å². The van der Waals surface area contributed by atoms with Crippen LogP contribution in [0.2, 0.25) is 0 Å². The zero-order valence-corrected chi connectivity index (χ0v) is 33.3. The Balaban J connectivity index is 1.15. The summed E-state index contributed by atoms with van der Waals surface area (Å²) in [6.07, 6.45) is 0. The fourth-order valence-electron chi connectivity index (χ4n) is 11.4. The average Bonchev–Trinajstić information content (AvgIpc) is 3.71. The van der Waals surface area contributed by atoms with Crippen LogP contribution in [-0.4, -0.2) is 8.07 Å². The summed E-state index contributed by atoms with van der Waals surface area (Å²) in [7, 11) is -2.71. The maximum absolute atomic E-state index is 6.73. The molecule has 0 radical (unpaired) electrons. The molecule has 4 aliphatic heterocycles. The van der Waals surface area contributed by atoms with Crippen molar-refractivity contribution in [2.45, 2.75) is 19.3 Å². The summed E-state index contributed by atoms with van der Waals surface area (Å²) in [4.78, 5) is 2.57. The van der Waals surface area contributed by atoms with Gasteiger partial charge in [0.15, 0.2) is 8.07 Å². The summed E-state index contributed by atoms with van der Waals surface area (Å²) in [5, 5.41) is 8.44. The molecule has 0 N–H and O–H groups in total. The van der Waals surface area contributed by atoms with Crippen LogP contribution < -0.4 is 30.4 Å². The van der Waals surface area contributed by atoms with Crippen molar-refractivity contribution in [3.63, 3.8) is 0 Å². The van der Waals surface area contributed by atoms with E-state index >= 15 is 0 Å². The standard InChI is InChI=1S/C55H37NOSi/c1-34-23-26-40-41-27-24-35(2)30-53(41)58(52(40)29-34)51-22-12-5-15-39(51)42-28-25-38(33-54(42)58)56-47-19-9-6-16-43(47)55(46-31-36-13-3-4-14-37(36)32-48(46)56)44-17-7-10-20-49(44)57-50-21-11-8-18-45(50)55/h3-33H,1-2H3. The number of para-hydroxylation sites is 3. The molecular formula is C55H37NOSi. The second kappa shape index (κ2) is 11.3. The fraction of sp³-hybridized carbons (Fsp3) is 0.0545. The van der Waals surface area contributed by atoms with Gasteiger partial charge >= 0.3 is 0 Å². The number of hydrogen-bond donors (Lipinski definition) is 0. The van der Waals surface area contributed by atoms with Crippen LogP contribution in [0.25, 0.3) is 33.0 Å². The van der Waals surface area contributed by atoms with E-state index in [0.29, 0.717) is 0 Å². The summed E-state index contributed by atoms with van der Waals surface area (Å²) in [6, 6.07) is 71.2. The van der Waals surface area contributed by atoms with Crippen LogP contribution in [0.3, 0.4) is 0 Å². The predicted molar refractivity (Wildman–Crippen MR) is 242 cm³/mol. The molecule has 0 unspecified atom stereocenters. The lowest BCUT2D eigenvalue weighted by Crippen LogP contribution is -2.70. The van der Waals surface area contributed by atoms with Crippen molar-refractivity contribution in [3.05, 3.63) is 221 Å². The maximum Gasteiger partial charge on any atom is 0.182 e. The summed E-state index contributed by atoms with van der Waals surface area (Å²) in [5.74, 6) is 1.80. The van der Waals surface area contributed by atoms with E-state index in [-0.39, 0.29) is 0 Å². The first-order valence-electron chi connectivity index (χ1n) is 20.3. The Morgan fingerprint density at radius 2 is 0.914 bits per heavy atom. The quantitative estimate of drug-likeness (QED) is 0.155. The zero-order chi connectivity index (χ0) is 38.3. The van der Waals surface area contributed by atoms with Crippen molar-refractivity contribution in [1.82, 2.24) is 0 Å². The molecule has 0 amide bonds. The Morgan fingerprint density at radius 3 is 1.60 bits per heavy atom. The van der Waals surface area contributed by atoms with E-state index in [1.54, 1.807) is 0 Å². The second-order valence-corrected chi connectivity index (χ2v) is 20.2. The summed E-state index contributed by atoms with van der Waals surface area (Å²) >= 11 is 0. The molecule has 2 nitrogen and oxygen atoms in total. The molecule has 0 saturated carbocycles. The molecule has 0 saturated heterocycles. The molecule has 0 fully saturated rings. The Hall–Kier alpha value is -6.94. The molecule has 0 aromatic heterocycles. The third-order valence-electron chi connectivity index (χ3n) is 13.6. The second-order valence-electron chi connectivity index (χ2n) is 16.5. The minimum Gasteiger partial charge on any atom is -0.457 e. The highest BCUT2D eigenvalue weighted by Crippen LogP contribution is 2.63. The van der Waals surface area contributed by atoms with Crippen molar-refractivity contribution >= 4 is 56.7 Å². The molecule has 13 rings (SSSR count). The number of anilines is 3. The van der Waals surface area contributed by atoms with Crippen LogP contribution in [0.15, 0.2) is 188 Å². The number of rotatable bonds is 1. The Labute approximate surface area is 339 Å². The van der Waals surface area contributed by atoms with Gasteiger partial charge in [-0.05, 0) is 121 Å². The molecule has 2 spiro atoms. The molecule has 0 atom stereocenters. The first-order valence-corrected chi connectivity index (χ1v) is 22.3. The van der Waals surface area contributed by atoms with Crippen molar-refractivity contribution in [3.8, 4) is 33.8 Å². The van der Waals surface area contributed by atoms with Crippen molar-refractivity contribution < 1.29 is 4.74 Å². The minimum absolute atomic E-state index is 0.612. The number of aryl methyl sites for hydroxylation is 2. The van der Waals surface area contributed by atoms with Gasteiger partial charge in [-0.15, -0.1) is 0 Å². The van der Waals surface area contributed by atoms with Gasteiger partial charge in [-0.1, -0.05) is 157 Å². The van der Waals surface area contributed by atoms with Crippen LogP contribution in [0.4, 0.5) is 17.1 Å². The van der Waals surface area contributed by atoms with Crippen molar-refractivity contribution in [2.24, 2.45) is 0 Å². The maximum atomic E-state index is 6.73. The first-order chi connectivity index (χ1) is 28.6. The third-order valence-corrected chi connectivity index (χ3v) is 18.5. The molecule has 9 aromatic rings. The molecule has 272 valence electrons. The largest absolute Gasteiger partial charge is 0.457 e. The monoisotopic (exact) mass is 755 g/mol. The van der Waals surface area contributed by atoms with E-state index in [0.717, 1.165) is 22.6 Å². The number of ether oxygens (including phenoxy) is 1. The van der Waals surface area contributed by atoms with E-state index in [1.807, 2.05) is 0 Å². The number of fused-ring (bicyclic) bond motifs is 19. The van der Waals surface area contributed by atoms with E-state index in [9.17, 15) is 0 Å². The predicted octanol–water partition coefficient (Wildman–Crippen LogP) is 11.1. The van der Waals surface area contributed by atoms with Gasteiger partial charge in [-0.25, -0.2) is 0 Å². The van der Waals surface area contributed by atoms with E-state index < -0.39 is 13.5 Å². The summed E-state index contributed by atoms with van der Waals surface area (Å²) in [5.41, 5.74) is 15.9. The number of benzene rings is 9. The van der Waals surface area contributed by atoms with Gasteiger partial charge in [0.2, 0.25) is 0 Å². The van der Waals surface area contributed by atoms with E-state index in [2.05, 4.69) is 207 Å². The first kappa shape index (κ1) is 32.2. The Kier molecular flexibility index (Phi) is 6.29. The number of hydrogen-bond acceptors (Lipinski definition) is 2. The van der Waals surface area contributed by atoms with Gasteiger partial charge in [0.1, 0.15) is 11.5 Å². The van der Waals surface area contributed by atoms with E-state index in [4.69, 9.17) is 4.74 Å². The minimum atomic E-state index is -2.71. The van der Waals surface area contributed by atoms with Gasteiger partial charge in [0.05, 0.1) is 16.8 Å². The molecule has 58 heavy (non-hydrogen) atoms. The average molecular weight is 756 g/mol. The van der Waals surface area contributed by atoms with Crippen molar-refractivity contribution in [2.75, 3.05) is 4.90 Å². The van der Waals surface area contributed by atoms with Gasteiger partial charge < -0.3 is 9.64 Å². The fourth-order valence-corrected chi connectivity index (χ4v) is 17.2. The number of nitrogens with zero attached hydrogens (tertiary/aromatic N) is 1. The van der Waals surface area contributed by atoms with E-state index in [1.165, 1.54) is 93.1 Å². The summed E-state index contributed by atoms with van der Waals surface area (Å²) < 4.78 is 6.73. The van der Waals surface area contributed by atoms with Crippen LogP contribution in [0, 0.1) is 13.8 Å². The lowest BCUT2D eigenvalue weighted by atomic mass is 9.61. The molecule has 9 aromatic carbocycles. The lowest BCUT2D eigenvalue weighted by Gasteiger charge is -2.48. The molecule has 3 heteroatoms. The topological polar surface area (TPSA) is 12.5 Å². The smallest absolute Gasteiger partial charge is 0.182 e. The Morgan fingerprint density at radius 1 is 0.397 bits per heavy atom. The van der Waals surface area contributed by atoms with Crippen molar-refractivity contribution in [1.29, 1.82) is 0 Å². The zero-order valence-electron chi connectivity index (χ0n) is 32.3. The van der Waals surface area contributed by atoms with Crippen LogP contribution in [-0.2, 0) is 5.41 Å². The normalized spacial score (nSPS) is 15.1. The molecule has 4 aliphatic rings. The lowest BCUT2D eigenvalue weighted by molar-refractivity contribution is 0.434. The molecule has 4 heterocycles. The molecule has 0 aliphatic carbocycles. The highest BCUT2D eigenvalue weighted by atomic mass is 28.3. The SMILES string of the molecule is Cc1ccc2c(c1)[Si]1(c3ccccc3-c3ccc(N4c5ccccc5C5(c6ccccc6Oc6ccccc65)c5cc6ccccc6cc54)cc31)c1cc(C)ccc1-2. The Bertz CT molecular complexity index is 3170. The van der Waals surface area contributed by atoms with Crippen LogP contribution >= 0.6 is 0 Å². The van der Waals surface area contributed by atoms with Gasteiger partial charge in [-0.3, -0.25) is 0 Å². The van der Waals surface area contributed by atoms with Gasteiger partial charge in [0.25, 0.3) is 0 Å². The molecule has 0 bridgehead atoms.